The molecule has 0 unspecified atom stereocenters. The van der Waals surface area contributed by atoms with Gasteiger partial charge in [-0.15, -0.1) is 5.10 Å². The van der Waals surface area contributed by atoms with Crippen LogP contribution in [0, 0.1) is 0 Å². The maximum Gasteiger partial charge on any atom is 0.267 e. The average molecular weight is 437 g/mol. The number of aromatic nitrogens is 5. The van der Waals surface area contributed by atoms with Crippen molar-refractivity contribution in [2.75, 3.05) is 18.1 Å². The number of aliphatic hydroxyl groups is 1. The third-order valence-electron chi connectivity index (χ3n) is 5.15. The molecule has 0 amide bonds. The van der Waals surface area contributed by atoms with Crippen LogP contribution in [-0.2, 0) is 12.0 Å². The molecule has 0 radical (unpaired) electrons. The summed E-state index contributed by atoms with van der Waals surface area (Å²) in [5.74, 6) is -2.16. The smallest absolute Gasteiger partial charge is 0.267 e. The van der Waals surface area contributed by atoms with E-state index in [4.69, 9.17) is 11.6 Å². The molecule has 1 saturated heterocycles. The van der Waals surface area contributed by atoms with Crippen LogP contribution in [0.15, 0.2) is 24.3 Å². The second kappa shape index (κ2) is 7.39. The zero-order chi connectivity index (χ0) is 21.7. The van der Waals surface area contributed by atoms with Crippen molar-refractivity contribution in [3.63, 3.8) is 0 Å². The highest BCUT2D eigenvalue weighted by Crippen LogP contribution is 2.37. The van der Waals surface area contributed by atoms with Gasteiger partial charge in [-0.25, -0.2) is 23.4 Å². The van der Waals surface area contributed by atoms with E-state index in [1.54, 1.807) is 10.7 Å². The highest BCUT2D eigenvalue weighted by Gasteiger charge is 2.46. The first-order valence-electron chi connectivity index (χ1n) is 9.69. The van der Waals surface area contributed by atoms with Gasteiger partial charge in [0.05, 0.1) is 25.7 Å². The Morgan fingerprint density at radius 2 is 1.97 bits per heavy atom. The SMILES string of the molecule is CC(C)(C)c1nc(N2CC(F)(F)C[C@@H]2CO)c2nnn(Cc3ccccc3Cl)c2n1. The normalized spacial score (nSPS) is 19.0. The summed E-state index contributed by atoms with van der Waals surface area (Å²) in [6.07, 6.45) is -0.437. The molecule has 1 N–H and O–H groups in total. The standard InChI is InChI=1S/C20H23ClF2N6O/c1-19(2,3)18-24-16(28-11-20(22,23)8-13(28)10-30)15-17(25-18)29(27-26-15)9-12-6-4-5-7-14(12)21/h4-7,13,30H,8-11H2,1-3H3/t13-/m1/s1. The van der Waals surface area contributed by atoms with Crippen molar-refractivity contribution in [1.82, 2.24) is 25.0 Å². The Morgan fingerprint density at radius 1 is 1.23 bits per heavy atom. The molecule has 0 bridgehead atoms. The van der Waals surface area contributed by atoms with Crippen molar-refractivity contribution in [2.45, 2.75) is 51.1 Å². The number of rotatable bonds is 4. The van der Waals surface area contributed by atoms with Crippen LogP contribution in [0.5, 0.6) is 0 Å². The van der Waals surface area contributed by atoms with Crippen molar-refractivity contribution in [3.05, 3.63) is 40.7 Å². The molecule has 10 heteroatoms. The van der Waals surface area contributed by atoms with Gasteiger partial charge in [-0.2, -0.15) is 0 Å². The van der Waals surface area contributed by atoms with Crippen LogP contribution < -0.4 is 4.90 Å². The molecule has 0 saturated carbocycles. The molecular formula is C20H23ClF2N6O. The fourth-order valence-electron chi connectivity index (χ4n) is 3.58. The molecule has 3 heterocycles. The number of alkyl halides is 2. The molecule has 1 atom stereocenters. The topological polar surface area (TPSA) is 80.0 Å². The average Bonchev–Trinajstić information content (AvgIpc) is 3.22. The minimum absolute atomic E-state index is 0.270. The fraction of sp³-hybridized carbons (Fsp3) is 0.500. The van der Waals surface area contributed by atoms with E-state index in [0.29, 0.717) is 28.6 Å². The summed E-state index contributed by atoms with van der Waals surface area (Å²) in [6, 6.07) is 6.63. The van der Waals surface area contributed by atoms with E-state index in [1.807, 2.05) is 39.0 Å². The van der Waals surface area contributed by atoms with E-state index in [0.717, 1.165) is 5.56 Å². The van der Waals surface area contributed by atoms with Gasteiger partial charge in [-0.1, -0.05) is 55.8 Å². The van der Waals surface area contributed by atoms with Crippen LogP contribution in [0.1, 0.15) is 38.6 Å². The predicted octanol–water partition coefficient (Wildman–Crippen LogP) is 3.43. The van der Waals surface area contributed by atoms with E-state index in [2.05, 4.69) is 20.3 Å². The molecule has 1 aliphatic heterocycles. The van der Waals surface area contributed by atoms with E-state index < -0.39 is 37.0 Å². The first-order valence-corrected chi connectivity index (χ1v) is 10.1. The molecule has 160 valence electrons. The molecule has 2 aromatic heterocycles. The highest BCUT2D eigenvalue weighted by atomic mass is 35.5. The lowest BCUT2D eigenvalue weighted by molar-refractivity contribution is 0.0201. The molecule has 0 spiro atoms. The minimum Gasteiger partial charge on any atom is -0.394 e. The van der Waals surface area contributed by atoms with Gasteiger partial charge >= 0.3 is 0 Å². The number of nitrogens with zero attached hydrogens (tertiary/aromatic N) is 6. The van der Waals surface area contributed by atoms with Crippen LogP contribution in [0.2, 0.25) is 5.02 Å². The molecule has 30 heavy (non-hydrogen) atoms. The molecule has 0 aliphatic carbocycles. The maximum atomic E-state index is 14.1. The third kappa shape index (κ3) is 3.83. The second-order valence-corrected chi connectivity index (χ2v) is 9.06. The Kier molecular flexibility index (Phi) is 5.14. The summed E-state index contributed by atoms with van der Waals surface area (Å²) in [4.78, 5) is 10.7. The van der Waals surface area contributed by atoms with Gasteiger partial charge in [-0.3, -0.25) is 0 Å². The van der Waals surface area contributed by atoms with Gasteiger partial charge in [0.25, 0.3) is 5.92 Å². The van der Waals surface area contributed by atoms with Crippen LogP contribution in [-0.4, -0.2) is 55.2 Å². The molecule has 1 fully saturated rings. The number of benzene rings is 1. The molecule has 1 aromatic carbocycles. The van der Waals surface area contributed by atoms with Crippen molar-refractivity contribution in [1.29, 1.82) is 0 Å². The second-order valence-electron chi connectivity index (χ2n) is 8.66. The van der Waals surface area contributed by atoms with Crippen LogP contribution in [0.4, 0.5) is 14.6 Å². The lowest BCUT2D eigenvalue weighted by atomic mass is 9.95. The summed E-state index contributed by atoms with van der Waals surface area (Å²) in [7, 11) is 0. The van der Waals surface area contributed by atoms with Gasteiger partial charge in [0.1, 0.15) is 5.82 Å². The predicted molar refractivity (Wildman–Crippen MR) is 110 cm³/mol. The van der Waals surface area contributed by atoms with E-state index >= 15 is 0 Å². The van der Waals surface area contributed by atoms with Gasteiger partial charge in [0.2, 0.25) is 0 Å². The Hall–Kier alpha value is -2.39. The van der Waals surface area contributed by atoms with E-state index in [-0.39, 0.29) is 5.82 Å². The quantitative estimate of drug-likeness (QED) is 0.675. The summed E-state index contributed by atoms with van der Waals surface area (Å²) in [5, 5.41) is 18.7. The van der Waals surface area contributed by atoms with E-state index in [1.165, 1.54) is 4.90 Å². The number of fused-ring (bicyclic) bond motifs is 1. The Bertz CT molecular complexity index is 1080. The largest absolute Gasteiger partial charge is 0.394 e. The van der Waals surface area contributed by atoms with Crippen LogP contribution in [0.3, 0.4) is 0 Å². The molecule has 1 aliphatic rings. The van der Waals surface area contributed by atoms with Crippen molar-refractivity contribution < 1.29 is 13.9 Å². The first-order chi connectivity index (χ1) is 14.1. The fourth-order valence-corrected chi connectivity index (χ4v) is 3.78. The van der Waals surface area contributed by atoms with Crippen LogP contribution >= 0.6 is 11.6 Å². The molecule has 7 nitrogen and oxygen atoms in total. The summed E-state index contributed by atoms with van der Waals surface area (Å²) < 4.78 is 29.9. The number of anilines is 1. The number of aliphatic hydroxyl groups excluding tert-OH is 1. The lowest BCUT2D eigenvalue weighted by Crippen LogP contribution is -2.34. The van der Waals surface area contributed by atoms with Gasteiger partial charge < -0.3 is 10.0 Å². The van der Waals surface area contributed by atoms with Gasteiger partial charge in [0, 0.05) is 16.9 Å². The van der Waals surface area contributed by atoms with Crippen molar-refractivity contribution >= 4 is 28.6 Å². The molecular weight excluding hydrogens is 414 g/mol. The zero-order valence-corrected chi connectivity index (χ0v) is 17.7. The van der Waals surface area contributed by atoms with Gasteiger partial charge in [0.15, 0.2) is 17.0 Å². The van der Waals surface area contributed by atoms with Crippen LogP contribution in [0.25, 0.3) is 11.2 Å². The Balaban J connectivity index is 1.87. The summed E-state index contributed by atoms with van der Waals surface area (Å²) >= 11 is 6.29. The Morgan fingerprint density at radius 3 is 2.63 bits per heavy atom. The molecule has 4 rings (SSSR count). The van der Waals surface area contributed by atoms with Crippen molar-refractivity contribution in [2.24, 2.45) is 0 Å². The number of hydrogen-bond acceptors (Lipinski definition) is 6. The maximum absolute atomic E-state index is 14.1. The highest BCUT2D eigenvalue weighted by molar-refractivity contribution is 6.31. The number of halogens is 3. The van der Waals surface area contributed by atoms with E-state index in [9.17, 15) is 13.9 Å². The zero-order valence-electron chi connectivity index (χ0n) is 17.0. The first kappa shape index (κ1) is 20.9. The van der Waals surface area contributed by atoms with Gasteiger partial charge in [-0.05, 0) is 11.6 Å². The molecule has 3 aromatic rings. The third-order valence-corrected chi connectivity index (χ3v) is 5.52. The summed E-state index contributed by atoms with van der Waals surface area (Å²) in [5.41, 5.74) is 1.17. The Labute approximate surface area is 177 Å². The summed E-state index contributed by atoms with van der Waals surface area (Å²) in [6.45, 7) is 5.23. The monoisotopic (exact) mass is 436 g/mol. The van der Waals surface area contributed by atoms with Crippen molar-refractivity contribution in [3.8, 4) is 0 Å². The lowest BCUT2D eigenvalue weighted by Gasteiger charge is -2.25. The number of hydrogen-bond donors (Lipinski definition) is 1. The minimum atomic E-state index is -2.92.